The number of anilines is 3. The number of alkyl halides is 3. The number of piperidine rings is 1. The van der Waals surface area contributed by atoms with E-state index in [1.165, 1.54) is 12.1 Å². The highest BCUT2D eigenvalue weighted by Gasteiger charge is 2.56. The molecule has 4 aliphatic heterocycles. The van der Waals surface area contributed by atoms with Crippen LogP contribution in [0.4, 0.5) is 35.0 Å². The van der Waals surface area contributed by atoms with Crippen molar-refractivity contribution in [1.29, 1.82) is 0 Å². The Morgan fingerprint density at radius 2 is 1.78 bits per heavy atom. The molecule has 222 valence electrons. The molecule has 4 aliphatic rings. The molecule has 2 aromatic rings. The third-order valence-corrected chi connectivity index (χ3v) is 8.86. The SMILES string of the molecule is CN1CCCc2c1nc(N1CCC3(CC1)C(=O)N(CC(F)(F)F)c1cc(OCCN4CCCC4)cc(F)c13)[nH]c2=O. The Balaban J connectivity index is 1.27. The van der Waals surface area contributed by atoms with Crippen molar-refractivity contribution in [2.75, 3.05) is 74.2 Å². The number of likely N-dealkylation sites (tertiary alicyclic amines) is 1. The number of aromatic amines is 1. The van der Waals surface area contributed by atoms with Crippen molar-refractivity contribution in [3.8, 4) is 5.75 Å². The summed E-state index contributed by atoms with van der Waals surface area (Å²) in [5, 5.41) is 0. The quantitative estimate of drug-likeness (QED) is 0.527. The molecular weight excluding hydrogens is 544 g/mol. The van der Waals surface area contributed by atoms with Crippen LogP contribution in [0.15, 0.2) is 16.9 Å². The van der Waals surface area contributed by atoms with Gasteiger partial charge in [-0.15, -0.1) is 0 Å². The van der Waals surface area contributed by atoms with Gasteiger partial charge >= 0.3 is 6.18 Å². The summed E-state index contributed by atoms with van der Waals surface area (Å²) in [6, 6.07) is 2.55. The Kier molecular flexibility index (Phi) is 7.11. The lowest BCUT2D eigenvalue weighted by atomic mass is 9.73. The summed E-state index contributed by atoms with van der Waals surface area (Å²) in [5.41, 5.74) is -1.14. The molecule has 0 atom stereocenters. The molecule has 13 heteroatoms. The molecule has 1 aromatic heterocycles. The topological polar surface area (TPSA) is 85.0 Å². The molecule has 2 saturated heterocycles. The van der Waals surface area contributed by atoms with Crippen LogP contribution in [-0.2, 0) is 16.6 Å². The van der Waals surface area contributed by atoms with Crippen molar-refractivity contribution in [3.05, 3.63) is 39.4 Å². The summed E-state index contributed by atoms with van der Waals surface area (Å²) in [5.74, 6) is -0.444. The maximum atomic E-state index is 15.8. The van der Waals surface area contributed by atoms with Crippen molar-refractivity contribution in [2.24, 2.45) is 0 Å². The summed E-state index contributed by atoms with van der Waals surface area (Å²) in [6.07, 6.45) is -0.803. The van der Waals surface area contributed by atoms with Gasteiger partial charge in [0.05, 0.1) is 16.7 Å². The van der Waals surface area contributed by atoms with Crippen LogP contribution >= 0.6 is 0 Å². The number of fused-ring (bicyclic) bond motifs is 3. The molecule has 0 radical (unpaired) electrons. The fourth-order valence-corrected chi connectivity index (χ4v) is 6.78. The standard InChI is InChI=1S/C28H34F4N6O3/c1-35-8-4-5-19-23(35)33-26(34-24(19)39)37-11-6-27(7-12-37)22-20(29)15-18(41-14-13-36-9-2-3-10-36)16-21(22)38(25(27)40)17-28(30,31)32/h15-16H,2-14,17H2,1H3,(H,33,34,39). The summed E-state index contributed by atoms with van der Waals surface area (Å²) in [6.45, 7) is 2.52. The van der Waals surface area contributed by atoms with Crippen molar-refractivity contribution >= 4 is 23.4 Å². The van der Waals surface area contributed by atoms with E-state index < -0.39 is 29.9 Å². The van der Waals surface area contributed by atoms with Gasteiger partial charge in [0.1, 0.15) is 30.5 Å². The maximum absolute atomic E-state index is 15.8. The highest BCUT2D eigenvalue weighted by molar-refractivity contribution is 6.08. The molecule has 6 rings (SSSR count). The molecule has 41 heavy (non-hydrogen) atoms. The van der Waals surface area contributed by atoms with Gasteiger partial charge in [0.2, 0.25) is 11.9 Å². The van der Waals surface area contributed by atoms with E-state index in [4.69, 9.17) is 4.74 Å². The molecule has 1 amide bonds. The van der Waals surface area contributed by atoms with Crippen LogP contribution in [-0.4, -0.2) is 86.4 Å². The third kappa shape index (κ3) is 5.13. The number of amides is 1. The van der Waals surface area contributed by atoms with Crippen LogP contribution in [0, 0.1) is 5.82 Å². The van der Waals surface area contributed by atoms with Gasteiger partial charge in [0.15, 0.2) is 0 Å². The first kappa shape index (κ1) is 27.8. The zero-order valence-electron chi connectivity index (χ0n) is 23.0. The highest BCUT2D eigenvalue weighted by Crippen LogP contribution is 2.51. The Hall–Kier alpha value is -3.35. The molecule has 5 heterocycles. The molecule has 1 aromatic carbocycles. The number of nitrogens with one attached hydrogen (secondary N) is 1. The van der Waals surface area contributed by atoms with Crippen LogP contribution < -0.4 is 25.0 Å². The van der Waals surface area contributed by atoms with Gasteiger partial charge in [-0.1, -0.05) is 0 Å². The first-order valence-electron chi connectivity index (χ1n) is 14.2. The molecule has 9 nitrogen and oxygen atoms in total. The van der Waals surface area contributed by atoms with E-state index >= 15 is 4.39 Å². The number of H-pyrrole nitrogens is 1. The van der Waals surface area contributed by atoms with Crippen molar-refractivity contribution in [1.82, 2.24) is 14.9 Å². The van der Waals surface area contributed by atoms with Gasteiger partial charge in [0, 0.05) is 50.9 Å². The second-order valence-corrected chi connectivity index (χ2v) is 11.5. The largest absolute Gasteiger partial charge is 0.492 e. The number of benzene rings is 1. The Morgan fingerprint density at radius 1 is 1.05 bits per heavy atom. The van der Waals surface area contributed by atoms with Gasteiger partial charge in [-0.2, -0.15) is 18.2 Å². The van der Waals surface area contributed by atoms with Crippen molar-refractivity contribution in [2.45, 2.75) is 50.1 Å². The lowest BCUT2D eigenvalue weighted by molar-refractivity contribution is -0.135. The Morgan fingerprint density at radius 3 is 2.49 bits per heavy atom. The van der Waals surface area contributed by atoms with Crippen LogP contribution in [0.3, 0.4) is 0 Å². The second-order valence-electron chi connectivity index (χ2n) is 11.5. The average molecular weight is 579 g/mol. The molecule has 1 spiro atoms. The predicted molar refractivity (Wildman–Crippen MR) is 146 cm³/mol. The van der Waals surface area contributed by atoms with Gasteiger partial charge in [0.25, 0.3) is 5.56 Å². The van der Waals surface area contributed by atoms with E-state index in [9.17, 15) is 22.8 Å². The zero-order valence-corrected chi connectivity index (χ0v) is 23.0. The van der Waals surface area contributed by atoms with Crippen LogP contribution in [0.2, 0.25) is 0 Å². The van der Waals surface area contributed by atoms with Gasteiger partial charge in [-0.05, 0) is 51.6 Å². The first-order valence-corrected chi connectivity index (χ1v) is 14.2. The normalized spacial score (nSPS) is 20.6. The lowest BCUT2D eigenvalue weighted by Crippen LogP contribution is -2.51. The molecular formula is C28H34F4N6O3. The minimum absolute atomic E-state index is 0.00933. The smallest absolute Gasteiger partial charge is 0.406 e. The number of hydrogen-bond donors (Lipinski definition) is 1. The van der Waals surface area contributed by atoms with Gasteiger partial charge in [-0.3, -0.25) is 19.5 Å². The second kappa shape index (κ2) is 10.5. The Bertz CT molecular complexity index is 1380. The fourth-order valence-electron chi connectivity index (χ4n) is 6.78. The number of carbonyl (C=O) groups excluding carboxylic acids is 1. The Labute approximate surface area is 235 Å². The number of aromatic nitrogens is 2. The number of nitrogens with zero attached hydrogens (tertiary/aromatic N) is 5. The van der Waals surface area contributed by atoms with Crippen molar-refractivity contribution in [3.63, 3.8) is 0 Å². The average Bonchev–Trinajstić information content (AvgIpc) is 3.51. The number of hydrogen-bond acceptors (Lipinski definition) is 7. The summed E-state index contributed by atoms with van der Waals surface area (Å²) < 4.78 is 62.4. The summed E-state index contributed by atoms with van der Waals surface area (Å²) in [4.78, 5) is 40.6. The third-order valence-electron chi connectivity index (χ3n) is 8.86. The summed E-state index contributed by atoms with van der Waals surface area (Å²) >= 11 is 0. The minimum atomic E-state index is -4.67. The van der Waals surface area contributed by atoms with E-state index in [2.05, 4.69) is 14.9 Å². The fraction of sp³-hybridized carbons (Fsp3) is 0.607. The van der Waals surface area contributed by atoms with E-state index in [0.717, 1.165) is 38.9 Å². The summed E-state index contributed by atoms with van der Waals surface area (Å²) in [7, 11) is 1.87. The maximum Gasteiger partial charge on any atom is 0.406 e. The van der Waals surface area contributed by atoms with E-state index in [-0.39, 0.29) is 55.1 Å². The van der Waals surface area contributed by atoms with E-state index in [0.29, 0.717) is 35.2 Å². The zero-order chi connectivity index (χ0) is 28.9. The number of rotatable bonds is 6. The van der Waals surface area contributed by atoms with Gasteiger partial charge < -0.3 is 19.4 Å². The van der Waals surface area contributed by atoms with Gasteiger partial charge in [-0.25, -0.2) is 4.39 Å². The molecule has 0 bridgehead atoms. The van der Waals surface area contributed by atoms with Crippen LogP contribution in [0.1, 0.15) is 43.2 Å². The number of ether oxygens (including phenoxy) is 1. The monoisotopic (exact) mass is 578 g/mol. The van der Waals surface area contributed by atoms with Crippen LogP contribution in [0.5, 0.6) is 5.75 Å². The van der Waals surface area contributed by atoms with E-state index in [1.54, 1.807) is 0 Å². The predicted octanol–water partition coefficient (Wildman–Crippen LogP) is 3.21. The molecule has 0 saturated carbocycles. The molecule has 0 unspecified atom stereocenters. The molecule has 0 aliphatic carbocycles. The molecule has 1 N–H and O–H groups in total. The lowest BCUT2D eigenvalue weighted by Gasteiger charge is -2.39. The highest BCUT2D eigenvalue weighted by atomic mass is 19.4. The molecule has 2 fully saturated rings. The minimum Gasteiger partial charge on any atom is -0.492 e. The number of halogens is 4. The van der Waals surface area contributed by atoms with Crippen molar-refractivity contribution < 1.29 is 27.1 Å². The first-order chi connectivity index (χ1) is 19.6. The van der Waals surface area contributed by atoms with E-state index in [1.807, 2.05) is 16.8 Å². The van der Waals surface area contributed by atoms with Crippen LogP contribution in [0.25, 0.3) is 0 Å². The number of carbonyl (C=O) groups is 1.